The lowest BCUT2D eigenvalue weighted by Gasteiger charge is -2.08. The third kappa shape index (κ3) is 5.13. The number of carbonyl (C=O) groups is 2. The number of aromatic nitrogens is 4. The molecule has 0 bridgehead atoms. The van der Waals surface area contributed by atoms with Crippen molar-refractivity contribution in [1.82, 2.24) is 19.6 Å². The van der Waals surface area contributed by atoms with E-state index in [0.29, 0.717) is 42.0 Å². The number of anilines is 1. The number of nitrogens with zero attached hydrogens (tertiary/aromatic N) is 4. The molecule has 0 unspecified atom stereocenters. The topological polar surface area (TPSA) is 108 Å². The number of rotatable bonds is 8. The molecule has 4 rings (SSSR count). The van der Waals surface area contributed by atoms with Crippen LogP contribution in [0.15, 0.2) is 59.4 Å². The first-order valence-corrected chi connectivity index (χ1v) is 11.5. The molecule has 180 valence electrons. The number of nitrogens with one attached hydrogen (secondary N) is 1. The first-order chi connectivity index (χ1) is 16.9. The Bertz CT molecular complexity index is 1420. The van der Waals surface area contributed by atoms with E-state index in [1.165, 1.54) is 4.68 Å². The van der Waals surface area contributed by atoms with Gasteiger partial charge < -0.3 is 10.1 Å². The van der Waals surface area contributed by atoms with Crippen LogP contribution < -0.4 is 10.9 Å². The predicted molar refractivity (Wildman–Crippen MR) is 133 cm³/mol. The van der Waals surface area contributed by atoms with Crippen molar-refractivity contribution in [3.63, 3.8) is 0 Å². The monoisotopic (exact) mass is 473 g/mol. The molecule has 0 fully saturated rings. The summed E-state index contributed by atoms with van der Waals surface area (Å²) in [4.78, 5) is 37.2. The van der Waals surface area contributed by atoms with Gasteiger partial charge >= 0.3 is 5.97 Å². The zero-order valence-electron chi connectivity index (χ0n) is 19.9. The molecule has 2 aromatic heterocycles. The van der Waals surface area contributed by atoms with Gasteiger partial charge in [0, 0.05) is 18.7 Å². The quantitative estimate of drug-likeness (QED) is 0.390. The van der Waals surface area contributed by atoms with E-state index in [1.807, 2.05) is 44.2 Å². The summed E-state index contributed by atoms with van der Waals surface area (Å²) in [5.74, 6) is -0.594. The van der Waals surface area contributed by atoms with Crippen LogP contribution in [0.1, 0.15) is 41.5 Å². The number of hydrogen-bond acceptors (Lipinski definition) is 6. The highest BCUT2D eigenvalue weighted by Crippen LogP contribution is 2.21. The van der Waals surface area contributed by atoms with Gasteiger partial charge in [-0.2, -0.15) is 10.2 Å². The molecule has 0 spiro atoms. The Kier molecular flexibility index (Phi) is 7.05. The maximum absolute atomic E-state index is 13.1. The standard InChI is InChI=1S/C26H27N5O4/c1-4-35-26(34)19-12-14-20(15-13-19)27-22(32)11-8-16-30-25(33)24-23(17(2)28-30)18(3)31(29-24)21-9-6-5-7-10-21/h5-7,9-10,12-15H,4,8,11,16H2,1-3H3,(H,27,32). The molecule has 0 atom stereocenters. The summed E-state index contributed by atoms with van der Waals surface area (Å²) in [5, 5.41) is 12.6. The van der Waals surface area contributed by atoms with Crippen LogP contribution in [0.25, 0.3) is 16.6 Å². The van der Waals surface area contributed by atoms with Gasteiger partial charge in [-0.3, -0.25) is 9.59 Å². The number of para-hydroxylation sites is 1. The number of hydrogen-bond donors (Lipinski definition) is 1. The molecule has 9 heteroatoms. The van der Waals surface area contributed by atoms with Gasteiger partial charge in [0.25, 0.3) is 5.56 Å². The number of aryl methyl sites for hydroxylation is 3. The Morgan fingerprint density at radius 2 is 1.71 bits per heavy atom. The number of benzene rings is 2. The maximum atomic E-state index is 13.1. The minimum Gasteiger partial charge on any atom is -0.462 e. The Balaban J connectivity index is 1.42. The summed E-state index contributed by atoms with van der Waals surface area (Å²) in [6, 6.07) is 16.1. The van der Waals surface area contributed by atoms with Gasteiger partial charge in [-0.1, -0.05) is 18.2 Å². The molecule has 0 aliphatic rings. The SMILES string of the molecule is CCOC(=O)c1ccc(NC(=O)CCCn2nc(C)c3c(C)n(-c4ccccc4)nc3c2=O)cc1. The average Bonchev–Trinajstić information content (AvgIpc) is 3.21. The molecule has 1 N–H and O–H groups in total. The van der Waals surface area contributed by atoms with Crippen LogP contribution in [0.2, 0.25) is 0 Å². The lowest BCUT2D eigenvalue weighted by molar-refractivity contribution is -0.116. The highest BCUT2D eigenvalue weighted by Gasteiger charge is 2.17. The molecule has 0 aliphatic heterocycles. The van der Waals surface area contributed by atoms with E-state index >= 15 is 0 Å². The first-order valence-electron chi connectivity index (χ1n) is 11.5. The minimum absolute atomic E-state index is 0.191. The van der Waals surface area contributed by atoms with E-state index in [-0.39, 0.29) is 17.9 Å². The Morgan fingerprint density at radius 1 is 1.00 bits per heavy atom. The highest BCUT2D eigenvalue weighted by atomic mass is 16.5. The lowest BCUT2D eigenvalue weighted by Crippen LogP contribution is -2.25. The van der Waals surface area contributed by atoms with E-state index in [2.05, 4.69) is 15.5 Å². The smallest absolute Gasteiger partial charge is 0.338 e. The van der Waals surface area contributed by atoms with Crippen LogP contribution >= 0.6 is 0 Å². The normalized spacial score (nSPS) is 10.9. The third-order valence-corrected chi connectivity index (χ3v) is 5.64. The Morgan fingerprint density at radius 3 is 2.40 bits per heavy atom. The van der Waals surface area contributed by atoms with Gasteiger partial charge in [-0.05, 0) is 63.6 Å². The summed E-state index contributed by atoms with van der Waals surface area (Å²) in [6.07, 6.45) is 0.644. The summed E-state index contributed by atoms with van der Waals surface area (Å²) in [7, 11) is 0. The Labute approximate surface area is 202 Å². The van der Waals surface area contributed by atoms with Crippen molar-refractivity contribution in [3.8, 4) is 5.69 Å². The fourth-order valence-electron chi connectivity index (χ4n) is 3.97. The third-order valence-electron chi connectivity index (χ3n) is 5.64. The van der Waals surface area contributed by atoms with Crippen LogP contribution in [0.4, 0.5) is 5.69 Å². The van der Waals surface area contributed by atoms with Gasteiger partial charge in [0.1, 0.15) is 0 Å². The molecule has 35 heavy (non-hydrogen) atoms. The van der Waals surface area contributed by atoms with Crippen molar-refractivity contribution in [1.29, 1.82) is 0 Å². The molecule has 0 saturated heterocycles. The lowest BCUT2D eigenvalue weighted by atomic mass is 10.2. The zero-order valence-corrected chi connectivity index (χ0v) is 19.9. The van der Waals surface area contributed by atoms with Gasteiger partial charge in [0.15, 0.2) is 5.52 Å². The van der Waals surface area contributed by atoms with Crippen molar-refractivity contribution in [2.75, 3.05) is 11.9 Å². The van der Waals surface area contributed by atoms with Crippen LogP contribution in [0.5, 0.6) is 0 Å². The van der Waals surface area contributed by atoms with Gasteiger partial charge in [-0.15, -0.1) is 0 Å². The molecule has 2 aromatic carbocycles. The minimum atomic E-state index is -0.403. The second kappa shape index (κ2) is 10.3. The summed E-state index contributed by atoms with van der Waals surface area (Å²) in [5.41, 5.74) is 3.53. The molecule has 2 heterocycles. The van der Waals surface area contributed by atoms with Crippen LogP contribution in [-0.4, -0.2) is 38.0 Å². The van der Waals surface area contributed by atoms with Crippen molar-refractivity contribution in [2.24, 2.45) is 0 Å². The van der Waals surface area contributed by atoms with Crippen molar-refractivity contribution >= 4 is 28.5 Å². The highest BCUT2D eigenvalue weighted by molar-refractivity contribution is 5.93. The molecular weight excluding hydrogens is 446 g/mol. The van der Waals surface area contributed by atoms with Crippen LogP contribution in [-0.2, 0) is 16.1 Å². The van der Waals surface area contributed by atoms with E-state index in [4.69, 9.17) is 4.74 Å². The average molecular weight is 474 g/mol. The largest absolute Gasteiger partial charge is 0.462 e. The summed E-state index contributed by atoms with van der Waals surface area (Å²) >= 11 is 0. The molecule has 0 aliphatic carbocycles. The number of fused-ring (bicyclic) bond motifs is 1. The fraction of sp³-hybridized carbons (Fsp3) is 0.269. The molecule has 1 amide bonds. The molecule has 0 radical (unpaired) electrons. The number of ether oxygens (including phenoxy) is 1. The van der Waals surface area contributed by atoms with E-state index in [9.17, 15) is 14.4 Å². The van der Waals surface area contributed by atoms with Gasteiger partial charge in [0.2, 0.25) is 5.91 Å². The maximum Gasteiger partial charge on any atom is 0.338 e. The molecule has 0 saturated carbocycles. The summed E-state index contributed by atoms with van der Waals surface area (Å²) in [6.45, 7) is 6.12. The molecular formula is C26H27N5O4. The number of esters is 1. The van der Waals surface area contributed by atoms with Crippen LogP contribution in [0, 0.1) is 13.8 Å². The van der Waals surface area contributed by atoms with E-state index in [1.54, 1.807) is 35.9 Å². The van der Waals surface area contributed by atoms with Crippen molar-refractivity contribution < 1.29 is 14.3 Å². The zero-order chi connectivity index (χ0) is 24.9. The second-order valence-electron chi connectivity index (χ2n) is 8.12. The number of carbonyl (C=O) groups excluding carboxylic acids is 2. The molecule has 9 nitrogen and oxygen atoms in total. The van der Waals surface area contributed by atoms with Crippen molar-refractivity contribution in [2.45, 2.75) is 40.2 Å². The van der Waals surface area contributed by atoms with Gasteiger partial charge in [0.05, 0.1) is 34.6 Å². The van der Waals surface area contributed by atoms with Crippen molar-refractivity contribution in [3.05, 3.63) is 81.9 Å². The van der Waals surface area contributed by atoms with E-state index < -0.39 is 5.97 Å². The van der Waals surface area contributed by atoms with Gasteiger partial charge in [-0.25, -0.2) is 14.2 Å². The molecule has 4 aromatic rings. The first kappa shape index (κ1) is 23.9. The Hall–Kier alpha value is -4.27. The second-order valence-corrected chi connectivity index (χ2v) is 8.12. The fourth-order valence-corrected chi connectivity index (χ4v) is 3.97. The summed E-state index contributed by atoms with van der Waals surface area (Å²) < 4.78 is 8.08. The number of amides is 1. The predicted octanol–water partition coefficient (Wildman–Crippen LogP) is 3.79. The van der Waals surface area contributed by atoms with E-state index in [0.717, 1.165) is 16.8 Å². The van der Waals surface area contributed by atoms with Crippen LogP contribution in [0.3, 0.4) is 0 Å².